The highest BCUT2D eigenvalue weighted by Crippen LogP contribution is 2.44. The van der Waals surface area contributed by atoms with Gasteiger partial charge in [-0.25, -0.2) is 0 Å². The molecule has 3 rings (SSSR count). The van der Waals surface area contributed by atoms with Crippen molar-refractivity contribution in [1.29, 1.82) is 0 Å². The average molecular weight is 261 g/mol. The summed E-state index contributed by atoms with van der Waals surface area (Å²) in [5.41, 5.74) is 0. The molecule has 0 aromatic carbocycles. The van der Waals surface area contributed by atoms with Gasteiger partial charge in [0.15, 0.2) is 0 Å². The number of allylic oxidation sites excluding steroid dienone is 2. The Labute approximate surface area is 119 Å². The lowest BCUT2D eigenvalue weighted by Gasteiger charge is -2.29. The van der Waals surface area contributed by atoms with Crippen LogP contribution in [0.25, 0.3) is 0 Å². The third-order valence-corrected chi connectivity index (χ3v) is 6.04. The van der Waals surface area contributed by atoms with Gasteiger partial charge in [-0.05, 0) is 68.7 Å². The first-order chi connectivity index (χ1) is 9.22. The standard InChI is InChI=1S/C18H31N/c1-13-4-3-5-15(10-13)8-9-19-14(2)18-12-16-6-7-17(18)11-16/h6-7,13-19H,3-5,8-12H2,1-2H3. The van der Waals surface area contributed by atoms with Gasteiger partial charge in [0.2, 0.25) is 0 Å². The van der Waals surface area contributed by atoms with Gasteiger partial charge in [0.05, 0.1) is 0 Å². The van der Waals surface area contributed by atoms with E-state index < -0.39 is 0 Å². The van der Waals surface area contributed by atoms with Crippen LogP contribution in [0.2, 0.25) is 0 Å². The van der Waals surface area contributed by atoms with Crippen LogP contribution in [0.1, 0.15) is 58.8 Å². The van der Waals surface area contributed by atoms with Crippen LogP contribution in [0.3, 0.4) is 0 Å². The van der Waals surface area contributed by atoms with E-state index in [4.69, 9.17) is 0 Å². The zero-order chi connectivity index (χ0) is 13.2. The lowest BCUT2D eigenvalue weighted by Crippen LogP contribution is -2.36. The summed E-state index contributed by atoms with van der Waals surface area (Å²) in [6.07, 6.45) is 15.1. The van der Waals surface area contributed by atoms with Crippen molar-refractivity contribution < 1.29 is 0 Å². The van der Waals surface area contributed by atoms with Crippen LogP contribution >= 0.6 is 0 Å². The van der Waals surface area contributed by atoms with Gasteiger partial charge < -0.3 is 5.32 Å². The van der Waals surface area contributed by atoms with E-state index in [2.05, 4.69) is 31.3 Å². The van der Waals surface area contributed by atoms with Crippen molar-refractivity contribution in [3.8, 4) is 0 Å². The molecule has 19 heavy (non-hydrogen) atoms. The molecule has 0 aliphatic heterocycles. The Morgan fingerprint density at radius 1 is 1.16 bits per heavy atom. The van der Waals surface area contributed by atoms with E-state index in [-0.39, 0.29) is 0 Å². The molecule has 0 radical (unpaired) electrons. The molecule has 3 aliphatic carbocycles. The minimum Gasteiger partial charge on any atom is -0.314 e. The molecular formula is C18H31N. The zero-order valence-electron chi connectivity index (χ0n) is 12.8. The fourth-order valence-electron chi connectivity index (χ4n) is 4.89. The highest BCUT2D eigenvalue weighted by molar-refractivity contribution is 5.11. The van der Waals surface area contributed by atoms with E-state index in [1.54, 1.807) is 0 Å². The maximum Gasteiger partial charge on any atom is 0.00728 e. The molecule has 6 unspecified atom stereocenters. The molecular weight excluding hydrogens is 230 g/mol. The van der Waals surface area contributed by atoms with Gasteiger partial charge in [0.1, 0.15) is 0 Å². The lowest BCUT2D eigenvalue weighted by atomic mass is 9.81. The van der Waals surface area contributed by atoms with Crippen molar-refractivity contribution in [2.24, 2.45) is 29.6 Å². The molecule has 0 aromatic rings. The minimum atomic E-state index is 0.723. The summed E-state index contributed by atoms with van der Waals surface area (Å²) >= 11 is 0. The number of hydrogen-bond donors (Lipinski definition) is 1. The van der Waals surface area contributed by atoms with E-state index in [0.717, 1.165) is 35.6 Å². The molecule has 1 N–H and O–H groups in total. The van der Waals surface area contributed by atoms with Crippen LogP contribution in [0.4, 0.5) is 0 Å². The number of nitrogens with one attached hydrogen (secondary N) is 1. The Hall–Kier alpha value is -0.300. The Morgan fingerprint density at radius 2 is 2.05 bits per heavy atom. The van der Waals surface area contributed by atoms with Crippen LogP contribution in [0, 0.1) is 29.6 Å². The van der Waals surface area contributed by atoms with E-state index in [1.165, 1.54) is 51.5 Å². The van der Waals surface area contributed by atoms with Gasteiger partial charge in [-0.1, -0.05) is 38.3 Å². The summed E-state index contributed by atoms with van der Waals surface area (Å²) in [5, 5.41) is 3.84. The summed E-state index contributed by atoms with van der Waals surface area (Å²) in [5.74, 6) is 4.70. The number of rotatable bonds is 5. The van der Waals surface area contributed by atoms with Crippen molar-refractivity contribution in [2.45, 2.75) is 64.8 Å². The molecule has 3 aliphatic rings. The third-order valence-electron chi connectivity index (χ3n) is 6.04. The second-order valence-corrected chi connectivity index (χ2v) is 7.61. The molecule has 0 amide bonds. The Bertz CT molecular complexity index is 322. The SMILES string of the molecule is CC1CCCC(CCNC(C)C2CC3C=CC2C3)C1. The largest absolute Gasteiger partial charge is 0.314 e. The van der Waals surface area contributed by atoms with E-state index in [1.807, 2.05) is 0 Å². The summed E-state index contributed by atoms with van der Waals surface area (Å²) in [7, 11) is 0. The highest BCUT2D eigenvalue weighted by Gasteiger charge is 2.38. The van der Waals surface area contributed by atoms with Gasteiger partial charge in [-0.15, -0.1) is 0 Å². The maximum atomic E-state index is 3.84. The average Bonchev–Trinajstić information content (AvgIpc) is 3.01. The van der Waals surface area contributed by atoms with Crippen LogP contribution < -0.4 is 5.32 Å². The molecule has 0 spiro atoms. The summed E-state index contributed by atoms with van der Waals surface area (Å²) in [6, 6.07) is 0.723. The minimum absolute atomic E-state index is 0.723. The second kappa shape index (κ2) is 5.99. The Kier molecular flexibility index (Phi) is 4.31. The van der Waals surface area contributed by atoms with E-state index in [0.29, 0.717) is 0 Å². The van der Waals surface area contributed by atoms with Crippen molar-refractivity contribution >= 4 is 0 Å². The third kappa shape index (κ3) is 3.24. The normalized spacial score (nSPS) is 42.7. The fraction of sp³-hybridized carbons (Fsp3) is 0.889. The molecule has 0 heterocycles. The first-order valence-corrected chi connectivity index (χ1v) is 8.64. The van der Waals surface area contributed by atoms with Gasteiger partial charge in [0, 0.05) is 6.04 Å². The molecule has 2 saturated carbocycles. The van der Waals surface area contributed by atoms with Gasteiger partial charge >= 0.3 is 0 Å². The van der Waals surface area contributed by atoms with Crippen LogP contribution in [-0.4, -0.2) is 12.6 Å². The van der Waals surface area contributed by atoms with Crippen molar-refractivity contribution in [2.75, 3.05) is 6.54 Å². The molecule has 0 saturated heterocycles. The molecule has 1 heteroatoms. The second-order valence-electron chi connectivity index (χ2n) is 7.61. The quantitative estimate of drug-likeness (QED) is 0.724. The molecule has 6 atom stereocenters. The first-order valence-electron chi connectivity index (χ1n) is 8.64. The summed E-state index contributed by atoms with van der Waals surface area (Å²) in [6.45, 7) is 6.10. The Balaban J connectivity index is 1.37. The van der Waals surface area contributed by atoms with Crippen LogP contribution in [0.5, 0.6) is 0 Å². The summed E-state index contributed by atoms with van der Waals surface area (Å²) in [4.78, 5) is 0. The first kappa shape index (κ1) is 13.7. The van der Waals surface area contributed by atoms with Crippen molar-refractivity contribution in [3.63, 3.8) is 0 Å². The smallest absolute Gasteiger partial charge is 0.00728 e. The summed E-state index contributed by atoms with van der Waals surface area (Å²) < 4.78 is 0. The van der Waals surface area contributed by atoms with Crippen molar-refractivity contribution in [3.05, 3.63) is 12.2 Å². The molecule has 1 nitrogen and oxygen atoms in total. The molecule has 2 bridgehead atoms. The van der Waals surface area contributed by atoms with E-state index in [9.17, 15) is 0 Å². The van der Waals surface area contributed by atoms with Gasteiger partial charge in [-0.3, -0.25) is 0 Å². The van der Waals surface area contributed by atoms with E-state index >= 15 is 0 Å². The Morgan fingerprint density at radius 3 is 2.74 bits per heavy atom. The molecule has 108 valence electrons. The fourth-order valence-corrected chi connectivity index (χ4v) is 4.89. The highest BCUT2D eigenvalue weighted by atomic mass is 14.9. The molecule has 2 fully saturated rings. The van der Waals surface area contributed by atoms with Crippen molar-refractivity contribution in [1.82, 2.24) is 5.32 Å². The maximum absolute atomic E-state index is 3.84. The van der Waals surface area contributed by atoms with Crippen LogP contribution in [-0.2, 0) is 0 Å². The predicted octanol–water partition coefficient (Wildman–Crippen LogP) is 4.39. The molecule has 0 aromatic heterocycles. The van der Waals surface area contributed by atoms with Gasteiger partial charge in [0.25, 0.3) is 0 Å². The number of fused-ring (bicyclic) bond motifs is 2. The monoisotopic (exact) mass is 261 g/mol. The predicted molar refractivity (Wildman–Crippen MR) is 82.0 cm³/mol. The lowest BCUT2D eigenvalue weighted by molar-refractivity contribution is 0.256. The van der Waals surface area contributed by atoms with Gasteiger partial charge in [-0.2, -0.15) is 0 Å². The van der Waals surface area contributed by atoms with Crippen LogP contribution in [0.15, 0.2) is 12.2 Å². The topological polar surface area (TPSA) is 12.0 Å². The number of hydrogen-bond acceptors (Lipinski definition) is 1. The zero-order valence-corrected chi connectivity index (χ0v) is 12.8.